The van der Waals surface area contributed by atoms with Gasteiger partial charge in [-0.25, -0.2) is 4.98 Å². The Labute approximate surface area is 140 Å². The normalized spacial score (nSPS) is 12.1. The number of rotatable bonds is 4. The fourth-order valence-corrected chi connectivity index (χ4v) is 2.76. The van der Waals surface area contributed by atoms with Crippen LogP contribution < -0.4 is 10.9 Å². The highest BCUT2D eigenvalue weighted by molar-refractivity contribution is 5.97. The van der Waals surface area contributed by atoms with Gasteiger partial charge in [0.05, 0.1) is 6.04 Å². The fourth-order valence-electron chi connectivity index (χ4n) is 2.76. The summed E-state index contributed by atoms with van der Waals surface area (Å²) in [5, 5.41) is 3.67. The molecule has 3 rings (SSSR count). The minimum atomic E-state index is -0.371. The molecule has 2 aromatic heterocycles. The zero-order valence-corrected chi connectivity index (χ0v) is 13.7. The highest BCUT2D eigenvalue weighted by Crippen LogP contribution is 2.14. The molecule has 0 spiro atoms. The van der Waals surface area contributed by atoms with Crippen molar-refractivity contribution in [2.75, 3.05) is 0 Å². The molecule has 3 aromatic rings. The van der Waals surface area contributed by atoms with E-state index in [1.54, 1.807) is 18.3 Å². The minimum Gasteiger partial charge on any atom is -0.345 e. The van der Waals surface area contributed by atoms with Gasteiger partial charge in [-0.1, -0.05) is 30.3 Å². The average molecular weight is 321 g/mol. The van der Waals surface area contributed by atoms with Crippen LogP contribution in [0.25, 0.3) is 11.0 Å². The van der Waals surface area contributed by atoms with Gasteiger partial charge >= 0.3 is 0 Å². The molecule has 0 bridgehead atoms. The van der Waals surface area contributed by atoms with E-state index in [1.165, 1.54) is 4.57 Å². The van der Waals surface area contributed by atoms with E-state index >= 15 is 0 Å². The lowest BCUT2D eigenvalue weighted by Gasteiger charge is -2.15. The van der Waals surface area contributed by atoms with Gasteiger partial charge in [0.15, 0.2) is 0 Å². The molecule has 5 heteroatoms. The van der Waals surface area contributed by atoms with E-state index in [0.717, 1.165) is 10.9 Å². The number of fused-ring (bicyclic) bond motifs is 1. The summed E-state index contributed by atoms with van der Waals surface area (Å²) in [6.07, 6.45) is 1.64. The Bertz CT molecular complexity index is 932. The largest absolute Gasteiger partial charge is 0.345 e. The van der Waals surface area contributed by atoms with Crippen molar-refractivity contribution in [2.45, 2.75) is 26.4 Å². The van der Waals surface area contributed by atoms with Crippen molar-refractivity contribution >= 4 is 16.9 Å². The lowest BCUT2D eigenvalue weighted by molar-refractivity contribution is 0.0938. The van der Waals surface area contributed by atoms with Crippen molar-refractivity contribution in [3.8, 4) is 0 Å². The molecular weight excluding hydrogens is 302 g/mol. The van der Waals surface area contributed by atoms with Gasteiger partial charge in [0.1, 0.15) is 11.2 Å². The summed E-state index contributed by atoms with van der Waals surface area (Å²) in [6.45, 7) is 4.22. The van der Waals surface area contributed by atoms with Crippen LogP contribution in [0, 0.1) is 0 Å². The molecule has 0 saturated carbocycles. The SMILES string of the molecule is CCn1c(=O)c(C(=O)N[C@@H](C)c2ccccc2)cc2cccnc21. The first-order valence-corrected chi connectivity index (χ1v) is 7.96. The third kappa shape index (κ3) is 2.93. The number of hydrogen-bond acceptors (Lipinski definition) is 3. The first-order chi connectivity index (χ1) is 11.6. The van der Waals surface area contributed by atoms with Crippen LogP contribution >= 0.6 is 0 Å². The van der Waals surface area contributed by atoms with E-state index in [1.807, 2.05) is 50.2 Å². The summed E-state index contributed by atoms with van der Waals surface area (Å²) in [4.78, 5) is 29.5. The highest BCUT2D eigenvalue weighted by Gasteiger charge is 2.17. The molecule has 0 radical (unpaired) electrons. The summed E-state index contributed by atoms with van der Waals surface area (Å²) < 4.78 is 1.53. The Morgan fingerprint density at radius 2 is 1.96 bits per heavy atom. The standard InChI is InChI=1S/C19H19N3O2/c1-3-22-17-15(10-7-11-20-17)12-16(19(22)24)18(23)21-13(2)14-8-5-4-6-9-14/h4-13H,3H2,1-2H3,(H,21,23)/t13-/m0/s1. The van der Waals surface area contributed by atoms with Crippen LogP contribution in [0.5, 0.6) is 0 Å². The van der Waals surface area contributed by atoms with Crippen LogP contribution in [0.2, 0.25) is 0 Å². The summed E-state index contributed by atoms with van der Waals surface area (Å²) in [6, 6.07) is 14.7. The molecule has 5 nitrogen and oxygen atoms in total. The van der Waals surface area contributed by atoms with E-state index in [-0.39, 0.29) is 23.1 Å². The molecule has 24 heavy (non-hydrogen) atoms. The summed E-state index contributed by atoms with van der Waals surface area (Å²) >= 11 is 0. The van der Waals surface area contributed by atoms with Gasteiger partial charge in [-0.2, -0.15) is 0 Å². The second kappa shape index (κ2) is 6.66. The van der Waals surface area contributed by atoms with Crippen molar-refractivity contribution in [2.24, 2.45) is 0 Å². The van der Waals surface area contributed by atoms with Crippen LogP contribution in [-0.4, -0.2) is 15.5 Å². The van der Waals surface area contributed by atoms with Gasteiger partial charge in [0.25, 0.3) is 11.5 Å². The maximum absolute atomic E-state index is 12.6. The molecule has 2 heterocycles. The number of hydrogen-bond donors (Lipinski definition) is 1. The van der Waals surface area contributed by atoms with Crippen LogP contribution in [0.15, 0.2) is 59.5 Å². The Morgan fingerprint density at radius 3 is 2.67 bits per heavy atom. The van der Waals surface area contributed by atoms with Gasteiger partial charge in [-0.15, -0.1) is 0 Å². The maximum atomic E-state index is 12.6. The highest BCUT2D eigenvalue weighted by atomic mass is 16.2. The van der Waals surface area contributed by atoms with Crippen molar-refractivity contribution in [1.82, 2.24) is 14.9 Å². The second-order valence-electron chi connectivity index (χ2n) is 5.63. The number of nitrogens with zero attached hydrogens (tertiary/aromatic N) is 2. The predicted molar refractivity (Wildman–Crippen MR) is 94.0 cm³/mol. The zero-order chi connectivity index (χ0) is 17.1. The number of pyridine rings is 2. The summed E-state index contributed by atoms with van der Waals surface area (Å²) in [5.41, 5.74) is 1.41. The third-order valence-electron chi connectivity index (χ3n) is 4.06. The fraction of sp³-hybridized carbons (Fsp3) is 0.211. The van der Waals surface area contributed by atoms with E-state index in [4.69, 9.17) is 0 Å². The number of carbonyl (C=O) groups excluding carboxylic acids is 1. The monoisotopic (exact) mass is 321 g/mol. The predicted octanol–water partition coefficient (Wildman–Crippen LogP) is 2.91. The number of benzene rings is 1. The molecule has 0 aliphatic carbocycles. The molecule has 1 amide bonds. The van der Waals surface area contributed by atoms with Crippen LogP contribution in [0.4, 0.5) is 0 Å². The lowest BCUT2D eigenvalue weighted by atomic mass is 10.1. The Hall–Kier alpha value is -2.95. The lowest BCUT2D eigenvalue weighted by Crippen LogP contribution is -2.34. The van der Waals surface area contributed by atoms with E-state index in [2.05, 4.69) is 10.3 Å². The third-order valence-corrected chi connectivity index (χ3v) is 4.06. The first kappa shape index (κ1) is 15.9. The number of aromatic nitrogens is 2. The first-order valence-electron chi connectivity index (χ1n) is 7.96. The summed E-state index contributed by atoms with van der Waals surface area (Å²) in [7, 11) is 0. The number of carbonyl (C=O) groups is 1. The Morgan fingerprint density at radius 1 is 1.21 bits per heavy atom. The molecule has 1 aromatic carbocycles. The van der Waals surface area contributed by atoms with Crippen LogP contribution in [0.1, 0.15) is 35.8 Å². The Balaban J connectivity index is 1.98. The molecule has 0 saturated heterocycles. The van der Waals surface area contributed by atoms with Crippen molar-refractivity contribution in [1.29, 1.82) is 0 Å². The van der Waals surface area contributed by atoms with E-state index in [0.29, 0.717) is 12.2 Å². The van der Waals surface area contributed by atoms with Crippen molar-refractivity contribution < 1.29 is 4.79 Å². The number of amides is 1. The molecular formula is C19H19N3O2. The van der Waals surface area contributed by atoms with Gasteiger partial charge in [-0.3, -0.25) is 14.2 Å². The van der Waals surface area contributed by atoms with E-state index in [9.17, 15) is 9.59 Å². The maximum Gasteiger partial charge on any atom is 0.265 e. The molecule has 0 fully saturated rings. The van der Waals surface area contributed by atoms with Crippen LogP contribution in [-0.2, 0) is 6.54 Å². The van der Waals surface area contributed by atoms with Gasteiger partial charge < -0.3 is 5.32 Å². The summed E-state index contributed by atoms with van der Waals surface area (Å²) in [5.74, 6) is -0.371. The smallest absolute Gasteiger partial charge is 0.265 e. The topological polar surface area (TPSA) is 64.0 Å². The van der Waals surface area contributed by atoms with Crippen LogP contribution in [0.3, 0.4) is 0 Å². The number of aryl methyl sites for hydroxylation is 1. The molecule has 1 N–H and O–H groups in total. The molecule has 0 unspecified atom stereocenters. The molecule has 122 valence electrons. The van der Waals surface area contributed by atoms with Crippen molar-refractivity contribution in [3.05, 3.63) is 76.2 Å². The second-order valence-corrected chi connectivity index (χ2v) is 5.63. The molecule has 0 aliphatic rings. The van der Waals surface area contributed by atoms with Crippen molar-refractivity contribution in [3.63, 3.8) is 0 Å². The minimum absolute atomic E-state index is 0.139. The van der Waals surface area contributed by atoms with Gasteiger partial charge in [0.2, 0.25) is 0 Å². The van der Waals surface area contributed by atoms with Gasteiger partial charge in [-0.05, 0) is 37.6 Å². The average Bonchev–Trinajstić information content (AvgIpc) is 2.61. The Kier molecular flexibility index (Phi) is 4.42. The molecule has 1 atom stereocenters. The van der Waals surface area contributed by atoms with E-state index < -0.39 is 0 Å². The molecule has 0 aliphatic heterocycles. The quantitative estimate of drug-likeness (QED) is 0.803. The van der Waals surface area contributed by atoms with Gasteiger partial charge in [0, 0.05) is 18.1 Å². The number of nitrogens with one attached hydrogen (secondary N) is 1. The zero-order valence-electron chi connectivity index (χ0n) is 13.7.